The molecule has 92 valence electrons. The summed E-state index contributed by atoms with van der Waals surface area (Å²) < 4.78 is 5.08. The maximum Gasteiger partial charge on any atom is 0.415 e. The fourth-order valence-corrected chi connectivity index (χ4v) is 1.92. The minimum absolute atomic E-state index is 0.0547. The van der Waals surface area contributed by atoms with Gasteiger partial charge in [0.05, 0.1) is 6.04 Å². The molecule has 0 aliphatic carbocycles. The lowest BCUT2D eigenvalue weighted by molar-refractivity contribution is 0.172. The van der Waals surface area contributed by atoms with E-state index in [4.69, 9.17) is 16.3 Å². The highest BCUT2D eigenvalue weighted by Gasteiger charge is 2.42. The summed E-state index contributed by atoms with van der Waals surface area (Å²) in [6, 6.07) is 1.60. The fourth-order valence-electron chi connectivity index (χ4n) is 1.77. The molecule has 2 heterocycles. The summed E-state index contributed by atoms with van der Waals surface area (Å²) in [5.74, 6) is 0.479. The minimum Gasteiger partial charge on any atom is -0.447 e. The Morgan fingerprint density at radius 1 is 1.53 bits per heavy atom. The summed E-state index contributed by atoms with van der Waals surface area (Å²) in [7, 11) is 0. The van der Waals surface area contributed by atoms with Gasteiger partial charge in [0.15, 0.2) is 0 Å². The van der Waals surface area contributed by atoms with Gasteiger partial charge in [0.2, 0.25) is 5.28 Å². The number of halogens is 1. The first-order valence-corrected chi connectivity index (χ1v) is 5.72. The second kappa shape index (κ2) is 4.14. The first-order valence-electron chi connectivity index (χ1n) is 5.34. The molecule has 5 nitrogen and oxygen atoms in total. The molecule has 1 atom stereocenters. The number of carbonyl (C=O) groups excluding carboxylic acids is 1. The van der Waals surface area contributed by atoms with Crippen LogP contribution in [0.3, 0.4) is 0 Å². The van der Waals surface area contributed by atoms with Gasteiger partial charge in [-0.1, -0.05) is 20.8 Å². The number of hydrogen-bond donors (Lipinski definition) is 0. The molecular weight excluding hydrogens is 242 g/mol. The molecule has 1 aliphatic rings. The molecule has 2 rings (SSSR count). The van der Waals surface area contributed by atoms with E-state index in [-0.39, 0.29) is 22.8 Å². The highest BCUT2D eigenvalue weighted by molar-refractivity contribution is 6.28. The third-order valence-electron chi connectivity index (χ3n) is 2.73. The van der Waals surface area contributed by atoms with Crippen LogP contribution in [0.25, 0.3) is 0 Å². The first-order chi connectivity index (χ1) is 7.89. The average molecular weight is 256 g/mol. The van der Waals surface area contributed by atoms with Gasteiger partial charge < -0.3 is 4.74 Å². The fraction of sp³-hybridized carbons (Fsp3) is 0.545. The van der Waals surface area contributed by atoms with Crippen molar-refractivity contribution in [3.63, 3.8) is 0 Å². The molecule has 1 aromatic rings. The lowest BCUT2D eigenvalue weighted by atomic mass is 9.87. The molecule has 1 fully saturated rings. The van der Waals surface area contributed by atoms with Crippen LogP contribution in [0.15, 0.2) is 12.3 Å². The van der Waals surface area contributed by atoms with E-state index < -0.39 is 0 Å². The Morgan fingerprint density at radius 3 is 2.82 bits per heavy atom. The van der Waals surface area contributed by atoms with Crippen LogP contribution in [-0.4, -0.2) is 28.7 Å². The van der Waals surface area contributed by atoms with Gasteiger partial charge in [-0.2, -0.15) is 0 Å². The number of carbonyl (C=O) groups is 1. The van der Waals surface area contributed by atoms with Gasteiger partial charge in [-0.3, -0.25) is 4.90 Å². The van der Waals surface area contributed by atoms with Crippen LogP contribution in [0.4, 0.5) is 10.6 Å². The Hall–Kier alpha value is -1.36. The van der Waals surface area contributed by atoms with Gasteiger partial charge in [-0.25, -0.2) is 14.8 Å². The van der Waals surface area contributed by atoms with Gasteiger partial charge in [0.1, 0.15) is 12.4 Å². The Labute approximate surface area is 105 Å². The molecular formula is C11H14ClN3O2. The van der Waals surface area contributed by atoms with E-state index >= 15 is 0 Å². The molecule has 0 unspecified atom stereocenters. The topological polar surface area (TPSA) is 55.3 Å². The Balaban J connectivity index is 2.38. The molecule has 0 bridgehead atoms. The SMILES string of the molecule is CC(C)(C)[C@H]1COC(=O)N1c1ccnc(Cl)n1. The molecule has 6 heteroatoms. The van der Waals surface area contributed by atoms with E-state index in [9.17, 15) is 4.79 Å². The highest BCUT2D eigenvalue weighted by atomic mass is 35.5. The third kappa shape index (κ3) is 2.34. The van der Waals surface area contributed by atoms with E-state index in [1.807, 2.05) is 0 Å². The number of ether oxygens (including phenoxy) is 1. The smallest absolute Gasteiger partial charge is 0.415 e. The van der Waals surface area contributed by atoms with Crippen LogP contribution in [-0.2, 0) is 4.74 Å². The van der Waals surface area contributed by atoms with Crippen molar-refractivity contribution in [3.8, 4) is 0 Å². The van der Waals surface area contributed by atoms with Crippen molar-refractivity contribution in [3.05, 3.63) is 17.5 Å². The van der Waals surface area contributed by atoms with E-state index in [2.05, 4.69) is 30.7 Å². The zero-order chi connectivity index (χ0) is 12.6. The van der Waals surface area contributed by atoms with Crippen LogP contribution >= 0.6 is 11.6 Å². The van der Waals surface area contributed by atoms with Crippen molar-refractivity contribution in [1.29, 1.82) is 0 Å². The van der Waals surface area contributed by atoms with Gasteiger partial charge in [-0.15, -0.1) is 0 Å². The maximum absolute atomic E-state index is 11.7. The van der Waals surface area contributed by atoms with Crippen molar-refractivity contribution in [2.45, 2.75) is 26.8 Å². The van der Waals surface area contributed by atoms with Crippen molar-refractivity contribution in [2.75, 3.05) is 11.5 Å². The first kappa shape index (κ1) is 12.1. The van der Waals surface area contributed by atoms with E-state index in [1.54, 1.807) is 6.07 Å². The molecule has 0 saturated carbocycles. The number of cyclic esters (lactones) is 1. The van der Waals surface area contributed by atoms with Crippen LogP contribution < -0.4 is 4.90 Å². The number of hydrogen-bond acceptors (Lipinski definition) is 4. The number of anilines is 1. The quantitative estimate of drug-likeness (QED) is 0.724. The molecule has 0 spiro atoms. The summed E-state index contributed by atoms with van der Waals surface area (Å²) >= 11 is 5.73. The largest absolute Gasteiger partial charge is 0.447 e. The Morgan fingerprint density at radius 2 is 2.24 bits per heavy atom. The van der Waals surface area contributed by atoms with Crippen LogP contribution in [0.5, 0.6) is 0 Å². The van der Waals surface area contributed by atoms with Crippen molar-refractivity contribution < 1.29 is 9.53 Å². The van der Waals surface area contributed by atoms with E-state index in [0.717, 1.165) is 0 Å². The standard InChI is InChI=1S/C11H14ClN3O2/c1-11(2,3)7-6-17-10(16)15(7)8-4-5-13-9(12)14-8/h4-5,7H,6H2,1-3H3/t7-/m1/s1. The normalized spacial score (nSPS) is 20.6. The van der Waals surface area contributed by atoms with E-state index in [0.29, 0.717) is 12.4 Å². The minimum atomic E-state index is -0.389. The molecule has 1 aromatic heterocycles. The van der Waals surface area contributed by atoms with Crippen LogP contribution in [0.2, 0.25) is 5.28 Å². The number of nitrogens with zero attached hydrogens (tertiary/aromatic N) is 3. The summed E-state index contributed by atoms with van der Waals surface area (Å²) in [6.45, 7) is 6.52. The lowest BCUT2D eigenvalue weighted by Crippen LogP contribution is -2.43. The maximum atomic E-state index is 11.7. The van der Waals surface area contributed by atoms with Crippen molar-refractivity contribution >= 4 is 23.5 Å². The summed E-state index contributed by atoms with van der Waals surface area (Å²) in [5, 5.41) is 0.120. The number of aromatic nitrogens is 2. The van der Waals surface area contributed by atoms with Crippen molar-refractivity contribution in [1.82, 2.24) is 9.97 Å². The molecule has 1 amide bonds. The number of rotatable bonds is 1. The Kier molecular flexibility index (Phi) is 2.95. The molecule has 0 N–H and O–H groups in total. The lowest BCUT2D eigenvalue weighted by Gasteiger charge is -2.31. The van der Waals surface area contributed by atoms with Gasteiger partial charge in [-0.05, 0) is 23.1 Å². The van der Waals surface area contributed by atoms with Crippen LogP contribution in [0.1, 0.15) is 20.8 Å². The summed E-state index contributed by atoms with van der Waals surface area (Å²) in [4.78, 5) is 21.1. The van der Waals surface area contributed by atoms with Gasteiger partial charge in [0.25, 0.3) is 0 Å². The zero-order valence-electron chi connectivity index (χ0n) is 9.98. The monoisotopic (exact) mass is 255 g/mol. The third-order valence-corrected chi connectivity index (χ3v) is 2.91. The molecule has 0 radical (unpaired) electrons. The second-order valence-electron chi connectivity index (χ2n) is 5.01. The summed E-state index contributed by atoms with van der Waals surface area (Å²) in [5.41, 5.74) is -0.0937. The summed E-state index contributed by atoms with van der Waals surface area (Å²) in [6.07, 6.45) is 1.13. The van der Waals surface area contributed by atoms with Gasteiger partial charge in [0, 0.05) is 6.20 Å². The molecule has 0 aromatic carbocycles. The Bertz CT molecular complexity index is 445. The van der Waals surface area contributed by atoms with Gasteiger partial charge >= 0.3 is 6.09 Å². The predicted molar refractivity (Wildman–Crippen MR) is 64.1 cm³/mol. The van der Waals surface area contributed by atoms with Crippen LogP contribution in [0, 0.1) is 5.41 Å². The molecule has 1 aliphatic heterocycles. The highest BCUT2D eigenvalue weighted by Crippen LogP contribution is 2.32. The predicted octanol–water partition coefficient (Wildman–Crippen LogP) is 2.50. The van der Waals surface area contributed by atoms with E-state index in [1.165, 1.54) is 11.1 Å². The average Bonchev–Trinajstić information content (AvgIpc) is 2.59. The van der Waals surface area contributed by atoms with Crippen molar-refractivity contribution in [2.24, 2.45) is 5.41 Å². The molecule has 17 heavy (non-hydrogen) atoms. The second-order valence-corrected chi connectivity index (χ2v) is 5.35. The number of amides is 1. The molecule has 1 saturated heterocycles. The zero-order valence-corrected chi connectivity index (χ0v) is 10.7.